The smallest absolute Gasteiger partial charge is 0.274 e. The third-order valence-corrected chi connectivity index (χ3v) is 3.56. The van der Waals surface area contributed by atoms with E-state index >= 15 is 0 Å². The first-order valence-corrected chi connectivity index (χ1v) is 7.54. The van der Waals surface area contributed by atoms with E-state index < -0.39 is 0 Å². The molecule has 23 heavy (non-hydrogen) atoms. The molecular formula is C15H16ClN5O2. The summed E-state index contributed by atoms with van der Waals surface area (Å²) in [5.41, 5.74) is 0.996. The van der Waals surface area contributed by atoms with E-state index in [1.54, 1.807) is 36.0 Å². The van der Waals surface area contributed by atoms with Crippen molar-refractivity contribution < 1.29 is 9.32 Å². The number of pyridine rings is 1. The molecule has 0 aliphatic heterocycles. The lowest BCUT2D eigenvalue weighted by Gasteiger charge is -2.12. The van der Waals surface area contributed by atoms with Gasteiger partial charge in [-0.3, -0.25) is 4.79 Å². The molecule has 0 saturated carbocycles. The van der Waals surface area contributed by atoms with Crippen molar-refractivity contribution >= 4 is 23.2 Å². The Labute approximate surface area is 137 Å². The third kappa shape index (κ3) is 3.19. The average Bonchev–Trinajstić information content (AvgIpc) is 3.12. The second kappa shape index (κ2) is 6.00. The third-order valence-electron chi connectivity index (χ3n) is 3.34. The second-order valence-corrected chi connectivity index (χ2v) is 6.04. The van der Waals surface area contributed by atoms with E-state index in [9.17, 15) is 4.79 Å². The number of rotatable bonds is 4. The van der Waals surface area contributed by atoms with Crippen molar-refractivity contribution in [3.8, 4) is 0 Å². The summed E-state index contributed by atoms with van der Waals surface area (Å²) < 4.78 is 6.86. The van der Waals surface area contributed by atoms with E-state index in [1.807, 2.05) is 13.8 Å². The Morgan fingerprint density at radius 2 is 2.13 bits per heavy atom. The van der Waals surface area contributed by atoms with Gasteiger partial charge in [-0.25, -0.2) is 4.98 Å². The Morgan fingerprint density at radius 3 is 2.83 bits per heavy atom. The fourth-order valence-corrected chi connectivity index (χ4v) is 2.28. The first-order chi connectivity index (χ1) is 10.9. The van der Waals surface area contributed by atoms with Crippen molar-refractivity contribution in [3.05, 3.63) is 47.0 Å². The molecule has 0 aromatic carbocycles. The van der Waals surface area contributed by atoms with E-state index in [4.69, 9.17) is 16.1 Å². The zero-order valence-corrected chi connectivity index (χ0v) is 13.8. The summed E-state index contributed by atoms with van der Waals surface area (Å²) in [5.74, 6) is 0.959. The summed E-state index contributed by atoms with van der Waals surface area (Å²) in [6, 6.07) is 3.49. The Morgan fingerprint density at radius 1 is 1.35 bits per heavy atom. The number of carbonyl (C=O) groups is 1. The monoisotopic (exact) mass is 333 g/mol. The number of imidazole rings is 1. The molecule has 0 aliphatic carbocycles. The highest BCUT2D eigenvalue weighted by Gasteiger charge is 2.18. The Hall–Kier alpha value is -2.41. The van der Waals surface area contributed by atoms with Gasteiger partial charge in [0.25, 0.3) is 5.91 Å². The first kappa shape index (κ1) is 15.5. The van der Waals surface area contributed by atoms with Gasteiger partial charge in [0.2, 0.25) is 5.89 Å². The van der Waals surface area contributed by atoms with Gasteiger partial charge in [-0.2, -0.15) is 4.98 Å². The zero-order valence-electron chi connectivity index (χ0n) is 13.0. The summed E-state index contributed by atoms with van der Waals surface area (Å²) in [4.78, 5) is 22.5. The molecule has 8 heteroatoms. The van der Waals surface area contributed by atoms with Crippen molar-refractivity contribution in [1.82, 2.24) is 24.4 Å². The molecule has 120 valence electrons. The number of nitrogens with zero attached hydrogens (tertiary/aromatic N) is 5. The highest BCUT2D eigenvalue weighted by Crippen LogP contribution is 2.14. The first-order valence-electron chi connectivity index (χ1n) is 7.16. The van der Waals surface area contributed by atoms with Crippen LogP contribution < -0.4 is 0 Å². The molecule has 0 N–H and O–H groups in total. The van der Waals surface area contributed by atoms with Crippen molar-refractivity contribution in [3.63, 3.8) is 0 Å². The predicted molar refractivity (Wildman–Crippen MR) is 84.4 cm³/mol. The number of fused-ring (bicyclic) bond motifs is 1. The minimum absolute atomic E-state index is 0.153. The second-order valence-electron chi connectivity index (χ2n) is 5.60. The number of hydrogen-bond acceptors (Lipinski definition) is 5. The van der Waals surface area contributed by atoms with Gasteiger partial charge in [0.1, 0.15) is 11.3 Å². The van der Waals surface area contributed by atoms with Crippen LogP contribution in [-0.2, 0) is 6.54 Å². The molecule has 0 unspecified atom stereocenters. The van der Waals surface area contributed by atoms with Crippen LogP contribution in [0.1, 0.15) is 42.0 Å². The van der Waals surface area contributed by atoms with E-state index in [0.29, 0.717) is 28.1 Å². The largest absolute Gasteiger partial charge is 0.339 e. The van der Waals surface area contributed by atoms with Gasteiger partial charge in [0.15, 0.2) is 5.82 Å². The van der Waals surface area contributed by atoms with Crippen LogP contribution in [0.5, 0.6) is 0 Å². The lowest BCUT2D eigenvalue weighted by molar-refractivity contribution is 0.0775. The Kier molecular flexibility index (Phi) is 4.04. The molecule has 3 aromatic heterocycles. The van der Waals surface area contributed by atoms with Gasteiger partial charge >= 0.3 is 0 Å². The Bertz CT molecular complexity index is 855. The van der Waals surface area contributed by atoms with Crippen LogP contribution in [-0.4, -0.2) is 37.4 Å². The van der Waals surface area contributed by atoms with Crippen molar-refractivity contribution in [2.45, 2.75) is 26.3 Å². The van der Waals surface area contributed by atoms with Gasteiger partial charge in [0.05, 0.1) is 11.6 Å². The topological polar surface area (TPSA) is 76.5 Å². The van der Waals surface area contributed by atoms with E-state index in [-0.39, 0.29) is 18.4 Å². The van der Waals surface area contributed by atoms with Gasteiger partial charge < -0.3 is 13.8 Å². The standard InChI is InChI=1S/C15H16ClN5O2/c1-9(2)14-18-12(19-23-14)8-20(3)15(22)11-7-21-6-10(16)4-5-13(21)17-11/h4-7,9H,8H2,1-3H3. The van der Waals surface area contributed by atoms with Crippen molar-refractivity contribution in [1.29, 1.82) is 0 Å². The van der Waals surface area contributed by atoms with E-state index in [1.165, 1.54) is 4.90 Å². The van der Waals surface area contributed by atoms with Crippen LogP contribution in [0, 0.1) is 0 Å². The van der Waals surface area contributed by atoms with Crippen LogP contribution in [0.4, 0.5) is 0 Å². The number of hydrogen-bond donors (Lipinski definition) is 0. The molecule has 1 amide bonds. The molecule has 0 aliphatic rings. The summed E-state index contributed by atoms with van der Waals surface area (Å²) >= 11 is 5.93. The lowest BCUT2D eigenvalue weighted by Crippen LogP contribution is -2.27. The highest BCUT2D eigenvalue weighted by molar-refractivity contribution is 6.30. The normalized spacial score (nSPS) is 11.3. The van der Waals surface area contributed by atoms with Gasteiger partial charge in [-0.05, 0) is 12.1 Å². The fraction of sp³-hybridized carbons (Fsp3) is 0.333. The summed E-state index contributed by atoms with van der Waals surface area (Å²) in [6.07, 6.45) is 3.35. The molecule has 3 heterocycles. The summed E-state index contributed by atoms with van der Waals surface area (Å²) in [7, 11) is 1.67. The SMILES string of the molecule is CC(C)c1nc(CN(C)C(=O)c2cn3cc(Cl)ccc3n2)no1. The molecule has 0 atom stereocenters. The molecule has 0 spiro atoms. The fourth-order valence-electron chi connectivity index (χ4n) is 2.11. The summed E-state index contributed by atoms with van der Waals surface area (Å²) in [6.45, 7) is 4.19. The van der Waals surface area contributed by atoms with Crippen LogP contribution in [0.2, 0.25) is 5.02 Å². The quantitative estimate of drug-likeness (QED) is 0.733. The molecule has 0 bridgehead atoms. The maximum absolute atomic E-state index is 12.5. The lowest BCUT2D eigenvalue weighted by atomic mass is 10.2. The molecule has 0 fully saturated rings. The highest BCUT2D eigenvalue weighted by atomic mass is 35.5. The van der Waals surface area contributed by atoms with Gasteiger partial charge in [0, 0.05) is 25.4 Å². The molecule has 0 saturated heterocycles. The average molecular weight is 334 g/mol. The van der Waals surface area contributed by atoms with E-state index in [0.717, 1.165) is 0 Å². The molecule has 0 radical (unpaired) electrons. The molecule has 7 nitrogen and oxygen atoms in total. The number of aromatic nitrogens is 4. The molecule has 3 rings (SSSR count). The van der Waals surface area contributed by atoms with Crippen LogP contribution in [0.15, 0.2) is 29.0 Å². The minimum atomic E-state index is -0.222. The maximum atomic E-state index is 12.5. The number of halogens is 1. The minimum Gasteiger partial charge on any atom is -0.339 e. The van der Waals surface area contributed by atoms with Crippen LogP contribution in [0.25, 0.3) is 5.65 Å². The van der Waals surface area contributed by atoms with Crippen LogP contribution in [0.3, 0.4) is 0 Å². The van der Waals surface area contributed by atoms with Gasteiger partial charge in [-0.1, -0.05) is 30.6 Å². The van der Waals surface area contributed by atoms with Crippen LogP contribution >= 0.6 is 11.6 Å². The number of amides is 1. The Balaban J connectivity index is 1.77. The maximum Gasteiger partial charge on any atom is 0.274 e. The van der Waals surface area contributed by atoms with E-state index in [2.05, 4.69) is 15.1 Å². The molecule has 3 aromatic rings. The predicted octanol–water partition coefficient (Wildman–Crippen LogP) is 2.77. The summed E-state index contributed by atoms with van der Waals surface area (Å²) in [5, 5.41) is 4.46. The van der Waals surface area contributed by atoms with Crippen molar-refractivity contribution in [2.24, 2.45) is 0 Å². The van der Waals surface area contributed by atoms with Gasteiger partial charge in [-0.15, -0.1) is 0 Å². The molecular weight excluding hydrogens is 318 g/mol. The van der Waals surface area contributed by atoms with Crippen molar-refractivity contribution in [2.75, 3.05) is 7.05 Å². The number of carbonyl (C=O) groups excluding carboxylic acids is 1. The zero-order chi connectivity index (χ0) is 16.6.